The van der Waals surface area contributed by atoms with E-state index in [-0.39, 0.29) is 21.1 Å². The Balaban J connectivity index is 0.00000396. The molecule has 0 spiro atoms. The first-order valence-electron chi connectivity index (χ1n) is 19.0. The van der Waals surface area contributed by atoms with Gasteiger partial charge in [-0.2, -0.15) is 18.2 Å². The van der Waals surface area contributed by atoms with E-state index in [1.165, 1.54) is 38.4 Å². The van der Waals surface area contributed by atoms with Crippen molar-refractivity contribution < 1.29 is 25.6 Å². The summed E-state index contributed by atoms with van der Waals surface area (Å²) in [6.07, 6.45) is 5.58. The molecule has 0 radical (unpaired) electrons. The molecule has 0 N–H and O–H groups in total. The molecule has 11 aromatic rings. The maximum Gasteiger partial charge on any atom is 0.268 e. The van der Waals surface area contributed by atoms with E-state index in [9.17, 15) is 0 Å². The minimum Gasteiger partial charge on any atom is -0.352 e. The molecule has 276 valence electrons. The van der Waals surface area contributed by atoms with Crippen LogP contribution < -0.4 is 4.57 Å². The van der Waals surface area contributed by atoms with Gasteiger partial charge in [-0.15, -0.1) is 29.8 Å². The number of hydrogen-bond acceptors (Lipinski definition) is 1. The average Bonchev–Trinajstić information content (AvgIpc) is 3.89. The second kappa shape index (κ2) is 13.6. The van der Waals surface area contributed by atoms with Gasteiger partial charge in [-0.25, -0.2) is 0 Å². The second-order valence-corrected chi connectivity index (χ2v) is 14.7. The number of imidazole rings is 1. The number of benzene rings is 7. The number of pyridine rings is 1. The maximum atomic E-state index is 4.71. The summed E-state index contributed by atoms with van der Waals surface area (Å²) >= 11 is 0. The van der Waals surface area contributed by atoms with E-state index >= 15 is 0 Å². The van der Waals surface area contributed by atoms with Gasteiger partial charge in [-0.05, 0) is 90.6 Å². The molecule has 0 bridgehead atoms. The van der Waals surface area contributed by atoms with Crippen molar-refractivity contribution in [1.29, 1.82) is 0 Å². The standard InChI is InChI=1S/C51H35N5.Pt/c1-33-28-34(2)51(35(3)29-33)54-32-53(44-21-9-10-22-45(44)54)38-16-13-17-39(31-38)56-47-26-25-46-49(40-18-7-8-20-43(40)55(46)37-14-5-4-6-15-37)50(47)41-24-23-36(30-48(41)56)42-19-11-12-27-52-42;/h4-29H,1-3H3;/q-2;. The normalized spacial score (nSPS) is 11.6. The molecule has 0 aliphatic rings. The van der Waals surface area contributed by atoms with Crippen LogP contribution in [0.1, 0.15) is 16.7 Å². The molecule has 0 aliphatic carbocycles. The van der Waals surface area contributed by atoms with Gasteiger partial charge < -0.3 is 18.7 Å². The number of rotatable bonds is 5. The third-order valence-electron chi connectivity index (χ3n) is 11.1. The van der Waals surface area contributed by atoms with Crippen molar-refractivity contribution in [2.24, 2.45) is 0 Å². The summed E-state index contributed by atoms with van der Waals surface area (Å²) in [5.74, 6) is 0. The SMILES string of the molecule is Cc1cc(C)c(-[n+]2[c-]n(-c3[c-]c(-n4c5[c-]c(-c6ccccn6)ccc5c5c6c7ccccc7n(-c7ccccc7)c6ccc54)ccc3)c3ccccc32)c(C)c1.[Pt]. The topological polar surface area (TPSA) is 31.6 Å². The summed E-state index contributed by atoms with van der Waals surface area (Å²) in [4.78, 5) is 4.71. The number of fused-ring (bicyclic) bond motifs is 8. The van der Waals surface area contributed by atoms with Gasteiger partial charge in [-0.3, -0.25) is 4.57 Å². The van der Waals surface area contributed by atoms with Crippen molar-refractivity contribution in [2.75, 3.05) is 0 Å². The molecule has 0 aliphatic heterocycles. The minimum atomic E-state index is 0. The van der Waals surface area contributed by atoms with Gasteiger partial charge in [0.15, 0.2) is 0 Å². The molecule has 0 saturated carbocycles. The maximum absolute atomic E-state index is 4.71. The van der Waals surface area contributed by atoms with Crippen LogP contribution >= 0.6 is 0 Å². The van der Waals surface area contributed by atoms with Gasteiger partial charge in [0.1, 0.15) is 0 Å². The van der Waals surface area contributed by atoms with Crippen LogP contribution in [0.3, 0.4) is 0 Å². The van der Waals surface area contributed by atoms with Crippen LogP contribution in [0.15, 0.2) is 158 Å². The predicted molar refractivity (Wildman–Crippen MR) is 227 cm³/mol. The first kappa shape index (κ1) is 34.9. The van der Waals surface area contributed by atoms with E-state index in [0.29, 0.717) is 0 Å². The fourth-order valence-corrected chi connectivity index (χ4v) is 8.90. The second-order valence-electron chi connectivity index (χ2n) is 14.7. The minimum absolute atomic E-state index is 0. The molecule has 4 heterocycles. The Kier molecular flexibility index (Phi) is 8.32. The molecule has 0 amide bonds. The van der Waals surface area contributed by atoms with Gasteiger partial charge in [0.25, 0.3) is 6.33 Å². The van der Waals surface area contributed by atoms with Gasteiger partial charge in [0.05, 0.1) is 27.8 Å². The summed E-state index contributed by atoms with van der Waals surface area (Å²) in [7, 11) is 0. The zero-order valence-corrected chi connectivity index (χ0v) is 33.8. The Hall–Kier alpha value is -6.55. The van der Waals surface area contributed by atoms with Crippen molar-refractivity contribution in [3.8, 4) is 34.0 Å². The molecule has 11 rings (SSSR count). The van der Waals surface area contributed by atoms with Crippen molar-refractivity contribution >= 4 is 54.6 Å². The van der Waals surface area contributed by atoms with E-state index in [0.717, 1.165) is 67.0 Å². The third kappa shape index (κ3) is 5.41. The fourth-order valence-electron chi connectivity index (χ4n) is 8.90. The number of hydrogen-bond donors (Lipinski definition) is 0. The first-order chi connectivity index (χ1) is 27.5. The fraction of sp³-hybridized carbons (Fsp3) is 0.0588. The molecule has 0 atom stereocenters. The number of aryl methyl sites for hydroxylation is 3. The van der Waals surface area contributed by atoms with Crippen LogP contribution in [0.5, 0.6) is 0 Å². The summed E-state index contributed by atoms with van der Waals surface area (Å²) < 4.78 is 9.04. The monoisotopic (exact) mass is 912 g/mol. The molecule has 0 saturated heterocycles. The third-order valence-corrected chi connectivity index (χ3v) is 11.1. The average molecular weight is 913 g/mol. The molecule has 57 heavy (non-hydrogen) atoms. The molecule has 4 aromatic heterocycles. The molecular formula is C51H35N5Pt-2. The van der Waals surface area contributed by atoms with Crippen LogP contribution in [0, 0.1) is 39.2 Å². The summed E-state index contributed by atoms with van der Waals surface area (Å²) in [6.45, 7) is 6.52. The quantitative estimate of drug-likeness (QED) is 0.125. The zero-order chi connectivity index (χ0) is 37.5. The molecule has 5 nitrogen and oxygen atoms in total. The van der Waals surface area contributed by atoms with Gasteiger partial charge in [0.2, 0.25) is 0 Å². The number of aromatic nitrogens is 5. The van der Waals surface area contributed by atoms with Gasteiger partial charge in [-0.1, -0.05) is 102 Å². The Labute approximate surface area is 345 Å². The van der Waals surface area contributed by atoms with Crippen LogP contribution in [0.4, 0.5) is 0 Å². The van der Waals surface area contributed by atoms with E-state index in [4.69, 9.17) is 4.98 Å². The first-order valence-corrected chi connectivity index (χ1v) is 19.0. The van der Waals surface area contributed by atoms with E-state index in [2.05, 4.69) is 191 Å². The summed E-state index contributed by atoms with van der Waals surface area (Å²) in [5, 5.41) is 4.74. The van der Waals surface area contributed by atoms with Crippen LogP contribution in [-0.4, -0.2) is 18.7 Å². The summed E-state index contributed by atoms with van der Waals surface area (Å²) in [6, 6.07) is 61.4. The molecule has 0 fully saturated rings. The molecule has 0 unspecified atom stereocenters. The summed E-state index contributed by atoms with van der Waals surface area (Å²) in [5.41, 5.74) is 16.2. The molecular weight excluding hydrogens is 878 g/mol. The predicted octanol–water partition coefficient (Wildman–Crippen LogP) is 11.5. The van der Waals surface area contributed by atoms with Crippen LogP contribution in [0.2, 0.25) is 0 Å². The zero-order valence-electron chi connectivity index (χ0n) is 31.6. The van der Waals surface area contributed by atoms with E-state index in [1.54, 1.807) is 0 Å². The van der Waals surface area contributed by atoms with E-state index < -0.39 is 0 Å². The van der Waals surface area contributed by atoms with Crippen molar-refractivity contribution in [2.45, 2.75) is 20.8 Å². The number of para-hydroxylation sites is 4. The smallest absolute Gasteiger partial charge is 0.268 e. The molecule has 7 aromatic carbocycles. The van der Waals surface area contributed by atoms with Crippen LogP contribution in [0.25, 0.3) is 88.7 Å². The van der Waals surface area contributed by atoms with Gasteiger partial charge >= 0.3 is 0 Å². The number of nitrogens with zero attached hydrogens (tertiary/aromatic N) is 5. The van der Waals surface area contributed by atoms with Gasteiger partial charge in [0, 0.05) is 49.2 Å². The Morgan fingerprint density at radius 2 is 1.23 bits per heavy atom. The van der Waals surface area contributed by atoms with Crippen molar-refractivity contribution in [3.63, 3.8) is 0 Å². The Morgan fingerprint density at radius 1 is 0.544 bits per heavy atom. The molecule has 6 heteroatoms. The van der Waals surface area contributed by atoms with Crippen molar-refractivity contribution in [3.05, 3.63) is 193 Å². The largest absolute Gasteiger partial charge is 0.352 e. The van der Waals surface area contributed by atoms with Crippen LogP contribution in [-0.2, 0) is 21.1 Å². The van der Waals surface area contributed by atoms with E-state index in [1.807, 2.05) is 24.4 Å². The Morgan fingerprint density at radius 3 is 2.02 bits per heavy atom. The Bertz CT molecular complexity index is 3310. The van der Waals surface area contributed by atoms with Crippen molar-refractivity contribution in [1.82, 2.24) is 18.7 Å².